The summed E-state index contributed by atoms with van der Waals surface area (Å²) < 4.78 is 14.9. The Hall–Kier alpha value is -1.73. The van der Waals surface area contributed by atoms with Gasteiger partial charge in [0, 0.05) is 23.8 Å². The van der Waals surface area contributed by atoms with E-state index in [0.29, 0.717) is 0 Å². The molecule has 0 amide bonds. The molecule has 3 N–H and O–H groups in total. The van der Waals surface area contributed by atoms with Gasteiger partial charge in [-0.3, -0.25) is 14.3 Å². The maximum absolute atomic E-state index is 13.9. The van der Waals surface area contributed by atoms with E-state index in [1.807, 2.05) is 0 Å². The van der Waals surface area contributed by atoms with Gasteiger partial charge in [-0.25, -0.2) is 9.18 Å². The molecule has 7 heteroatoms. The zero-order chi connectivity index (χ0) is 13.4. The lowest BCUT2D eigenvalue weighted by Crippen LogP contribution is -2.33. The number of aliphatic hydroxyl groups is 2. The van der Waals surface area contributed by atoms with Crippen LogP contribution >= 0.6 is 0 Å². The topological polar surface area (TPSA) is 95.3 Å². The second-order valence-electron chi connectivity index (χ2n) is 4.28. The van der Waals surface area contributed by atoms with Crippen LogP contribution < -0.4 is 11.2 Å². The Bertz CT molecular complexity index is 616. The zero-order valence-electron chi connectivity index (χ0n) is 9.68. The first-order valence-electron chi connectivity index (χ1n) is 5.45. The number of allylic oxidation sites excluding steroid dienone is 1. The van der Waals surface area contributed by atoms with Crippen molar-refractivity contribution in [3.05, 3.63) is 44.0 Å². The second-order valence-corrected chi connectivity index (χ2v) is 4.28. The summed E-state index contributed by atoms with van der Waals surface area (Å²) in [5, 5.41) is 18.5. The highest BCUT2D eigenvalue weighted by molar-refractivity contribution is 5.25. The molecule has 2 rings (SSSR count). The fourth-order valence-electron chi connectivity index (χ4n) is 2.06. The highest BCUT2D eigenvalue weighted by Gasteiger charge is 2.34. The van der Waals surface area contributed by atoms with Gasteiger partial charge in [0.1, 0.15) is 5.83 Å². The lowest BCUT2D eigenvalue weighted by molar-refractivity contribution is 0.181. The molecular formula is C11H13FN2O4. The van der Waals surface area contributed by atoms with E-state index in [2.05, 4.69) is 4.98 Å². The van der Waals surface area contributed by atoms with Gasteiger partial charge >= 0.3 is 5.69 Å². The second kappa shape index (κ2) is 4.51. The number of halogens is 1. The maximum atomic E-state index is 13.9. The van der Waals surface area contributed by atoms with Crippen molar-refractivity contribution in [1.29, 1.82) is 0 Å². The van der Waals surface area contributed by atoms with E-state index >= 15 is 0 Å². The Labute approximate surface area is 101 Å². The van der Waals surface area contributed by atoms with Crippen molar-refractivity contribution < 1.29 is 14.6 Å². The van der Waals surface area contributed by atoms with Crippen LogP contribution in [0.5, 0.6) is 0 Å². The van der Waals surface area contributed by atoms with Crippen LogP contribution in [0.25, 0.3) is 0 Å². The van der Waals surface area contributed by atoms with Crippen LogP contribution in [-0.2, 0) is 0 Å². The van der Waals surface area contributed by atoms with E-state index in [-0.39, 0.29) is 17.6 Å². The van der Waals surface area contributed by atoms with Crippen LogP contribution in [0.1, 0.15) is 18.0 Å². The number of aliphatic hydroxyl groups excluding tert-OH is 2. The van der Waals surface area contributed by atoms with Crippen LogP contribution in [0.3, 0.4) is 0 Å². The molecule has 0 radical (unpaired) electrons. The van der Waals surface area contributed by atoms with Gasteiger partial charge in [-0.15, -0.1) is 0 Å². The van der Waals surface area contributed by atoms with Gasteiger partial charge in [-0.1, -0.05) is 0 Å². The predicted molar refractivity (Wildman–Crippen MR) is 60.9 cm³/mol. The van der Waals surface area contributed by atoms with Crippen LogP contribution in [0.2, 0.25) is 0 Å². The molecule has 0 bridgehead atoms. The van der Waals surface area contributed by atoms with Crippen molar-refractivity contribution in [2.75, 3.05) is 6.61 Å². The van der Waals surface area contributed by atoms with Crippen LogP contribution in [-0.4, -0.2) is 32.5 Å². The molecule has 0 saturated heterocycles. The fraction of sp³-hybridized carbons (Fsp3) is 0.455. The average Bonchev–Trinajstić information content (AvgIpc) is 2.59. The first-order chi connectivity index (χ1) is 8.45. The third-order valence-electron chi connectivity index (χ3n) is 3.10. The van der Waals surface area contributed by atoms with Crippen molar-refractivity contribution in [2.45, 2.75) is 25.5 Å². The summed E-state index contributed by atoms with van der Waals surface area (Å²) in [6.45, 7) is 0.898. The number of nitrogens with one attached hydrogen (secondary N) is 1. The molecule has 18 heavy (non-hydrogen) atoms. The number of aromatic amines is 1. The summed E-state index contributed by atoms with van der Waals surface area (Å²) in [6, 6.07) is -0.981. The first-order valence-corrected chi connectivity index (χ1v) is 5.45. The number of aromatic nitrogens is 2. The lowest BCUT2D eigenvalue weighted by atomic mass is 10.2. The maximum Gasteiger partial charge on any atom is 0.328 e. The zero-order valence-corrected chi connectivity index (χ0v) is 9.68. The van der Waals surface area contributed by atoms with Crippen LogP contribution in [0, 0.1) is 6.92 Å². The van der Waals surface area contributed by atoms with Gasteiger partial charge in [0.05, 0.1) is 18.8 Å². The summed E-state index contributed by atoms with van der Waals surface area (Å²) in [7, 11) is 0. The summed E-state index contributed by atoms with van der Waals surface area (Å²) in [5.74, 6) is -0.724. The van der Waals surface area contributed by atoms with E-state index in [4.69, 9.17) is 5.11 Å². The van der Waals surface area contributed by atoms with Crippen LogP contribution in [0.4, 0.5) is 4.39 Å². The van der Waals surface area contributed by atoms with E-state index in [0.717, 1.165) is 4.57 Å². The predicted octanol–water partition coefficient (Wildman–Crippen LogP) is -0.633. The first kappa shape index (κ1) is 12.7. The van der Waals surface area contributed by atoms with Crippen molar-refractivity contribution in [3.63, 3.8) is 0 Å². The quantitative estimate of drug-likeness (QED) is 0.656. The number of H-pyrrole nitrogens is 1. The molecule has 98 valence electrons. The third kappa shape index (κ3) is 1.91. The van der Waals surface area contributed by atoms with Crippen molar-refractivity contribution in [2.24, 2.45) is 0 Å². The van der Waals surface area contributed by atoms with Crippen molar-refractivity contribution in [3.8, 4) is 0 Å². The van der Waals surface area contributed by atoms with E-state index in [1.54, 1.807) is 0 Å². The Kier molecular flexibility index (Phi) is 3.18. The number of rotatable bonds is 2. The normalized spacial score (nSPS) is 23.8. The monoisotopic (exact) mass is 256 g/mol. The minimum absolute atomic E-state index is 0.0346. The average molecular weight is 256 g/mol. The molecule has 1 aromatic heterocycles. The number of hydrogen-bond donors (Lipinski definition) is 3. The molecule has 0 spiro atoms. The molecule has 1 aliphatic rings. The van der Waals surface area contributed by atoms with Crippen LogP contribution in [0.15, 0.2) is 27.2 Å². The minimum atomic E-state index is -1.11. The van der Waals surface area contributed by atoms with Gasteiger partial charge in [0.2, 0.25) is 0 Å². The van der Waals surface area contributed by atoms with E-state index in [9.17, 15) is 19.1 Å². The van der Waals surface area contributed by atoms with Gasteiger partial charge in [0.15, 0.2) is 0 Å². The van der Waals surface area contributed by atoms with Gasteiger partial charge < -0.3 is 10.2 Å². The third-order valence-corrected chi connectivity index (χ3v) is 3.10. The van der Waals surface area contributed by atoms with Gasteiger partial charge in [0.25, 0.3) is 5.56 Å². The van der Waals surface area contributed by atoms with E-state index < -0.39 is 35.8 Å². The lowest BCUT2D eigenvalue weighted by Gasteiger charge is -2.13. The highest BCUT2D eigenvalue weighted by atomic mass is 19.1. The van der Waals surface area contributed by atoms with Crippen molar-refractivity contribution in [1.82, 2.24) is 9.55 Å². The number of hydrogen-bond acceptors (Lipinski definition) is 4. The largest absolute Gasteiger partial charge is 0.392 e. The molecular weight excluding hydrogens is 243 g/mol. The smallest absolute Gasteiger partial charge is 0.328 e. The Morgan fingerprint density at radius 2 is 2.22 bits per heavy atom. The Morgan fingerprint density at radius 1 is 1.56 bits per heavy atom. The highest BCUT2D eigenvalue weighted by Crippen LogP contribution is 2.35. The van der Waals surface area contributed by atoms with Gasteiger partial charge in [-0.2, -0.15) is 0 Å². The molecule has 1 heterocycles. The summed E-state index contributed by atoms with van der Waals surface area (Å²) in [4.78, 5) is 24.9. The standard InChI is InChI=1S/C11H13FN2O4/c1-5-3-14(11(18)13-10(5)17)7-2-8(16)6(4-15)9(7)12/h3,7-8,15-16H,2,4H2,1H3,(H,13,17,18)/t7-,8+/m0/s1. The molecule has 1 aliphatic carbocycles. The number of nitrogens with zero attached hydrogens (tertiary/aromatic N) is 1. The Morgan fingerprint density at radius 3 is 2.78 bits per heavy atom. The Balaban J connectivity index is 2.52. The summed E-state index contributed by atoms with van der Waals surface area (Å²) >= 11 is 0. The SMILES string of the molecule is Cc1cn([C@H]2C[C@@H](O)C(CO)=C2F)c(=O)[nH]c1=O. The molecule has 6 nitrogen and oxygen atoms in total. The minimum Gasteiger partial charge on any atom is -0.392 e. The summed E-state index contributed by atoms with van der Waals surface area (Å²) in [6.07, 6.45) is 0.102. The molecule has 1 aromatic rings. The van der Waals surface area contributed by atoms with E-state index in [1.165, 1.54) is 13.1 Å². The molecule has 0 aromatic carbocycles. The fourth-order valence-corrected chi connectivity index (χ4v) is 2.06. The molecule has 0 unspecified atom stereocenters. The number of aryl methyl sites for hydroxylation is 1. The summed E-state index contributed by atoms with van der Waals surface area (Å²) in [5.41, 5.74) is -1.11. The van der Waals surface area contributed by atoms with Gasteiger partial charge in [-0.05, 0) is 6.92 Å². The molecule has 0 aliphatic heterocycles. The molecule has 2 atom stereocenters. The molecule has 0 saturated carbocycles. The molecule has 0 fully saturated rings. The van der Waals surface area contributed by atoms with Crippen molar-refractivity contribution >= 4 is 0 Å².